The van der Waals surface area contributed by atoms with Crippen molar-refractivity contribution in [2.45, 2.75) is 72.6 Å². The van der Waals surface area contributed by atoms with Crippen LogP contribution in [0.4, 0.5) is 0 Å². The minimum Gasteiger partial charge on any atom is -0.0651 e. The van der Waals surface area contributed by atoms with Gasteiger partial charge >= 0.3 is 0 Å². The third kappa shape index (κ3) is 2.32. The molecule has 0 N–H and O–H groups in total. The van der Waals surface area contributed by atoms with Crippen LogP contribution in [0, 0.1) is 17.3 Å². The third-order valence-electron chi connectivity index (χ3n) is 4.78. The molecular weight excluding hydrogens is 168 g/mol. The lowest BCUT2D eigenvalue weighted by Crippen LogP contribution is -2.33. The molecule has 0 bridgehead atoms. The fourth-order valence-electron chi connectivity index (χ4n) is 3.43. The summed E-state index contributed by atoms with van der Waals surface area (Å²) >= 11 is 0. The van der Waals surface area contributed by atoms with Gasteiger partial charge in [0.05, 0.1) is 0 Å². The predicted molar refractivity (Wildman–Crippen MR) is 64.4 cm³/mol. The highest BCUT2D eigenvalue weighted by Gasteiger charge is 2.37. The van der Waals surface area contributed by atoms with E-state index in [2.05, 4.69) is 27.7 Å². The Hall–Kier alpha value is 0. The maximum absolute atomic E-state index is 2.48. The van der Waals surface area contributed by atoms with Crippen LogP contribution in [0.25, 0.3) is 0 Å². The standard InChI is InChI=1S/C14H28/c1-5-13(4)14(12(2)3)10-8-6-7-9-11-14/h12-13H,5-11H2,1-4H3. The van der Waals surface area contributed by atoms with Gasteiger partial charge in [0, 0.05) is 0 Å². The number of hydrogen-bond acceptors (Lipinski definition) is 0. The van der Waals surface area contributed by atoms with Gasteiger partial charge in [-0.3, -0.25) is 0 Å². The summed E-state index contributed by atoms with van der Waals surface area (Å²) in [4.78, 5) is 0. The summed E-state index contributed by atoms with van der Waals surface area (Å²) in [7, 11) is 0. The highest BCUT2D eigenvalue weighted by Crippen LogP contribution is 2.48. The van der Waals surface area contributed by atoms with Crippen molar-refractivity contribution in [1.82, 2.24) is 0 Å². The van der Waals surface area contributed by atoms with Crippen LogP contribution in [0.1, 0.15) is 72.6 Å². The summed E-state index contributed by atoms with van der Waals surface area (Å²) < 4.78 is 0. The Balaban J connectivity index is 2.77. The molecule has 1 fully saturated rings. The summed E-state index contributed by atoms with van der Waals surface area (Å²) in [5.74, 6) is 1.79. The second-order valence-corrected chi connectivity index (χ2v) is 5.61. The highest BCUT2D eigenvalue weighted by molar-refractivity contribution is 4.88. The van der Waals surface area contributed by atoms with Gasteiger partial charge in [0.2, 0.25) is 0 Å². The van der Waals surface area contributed by atoms with Gasteiger partial charge < -0.3 is 0 Å². The fraction of sp³-hybridized carbons (Fsp3) is 1.00. The van der Waals surface area contributed by atoms with Crippen LogP contribution in [-0.2, 0) is 0 Å². The molecule has 0 aromatic rings. The average Bonchev–Trinajstić information content (AvgIpc) is 2.42. The Morgan fingerprint density at radius 1 is 0.929 bits per heavy atom. The van der Waals surface area contributed by atoms with Gasteiger partial charge in [-0.25, -0.2) is 0 Å². The third-order valence-corrected chi connectivity index (χ3v) is 4.78. The van der Waals surface area contributed by atoms with Crippen LogP contribution in [0.15, 0.2) is 0 Å². The van der Waals surface area contributed by atoms with E-state index < -0.39 is 0 Å². The molecule has 1 unspecified atom stereocenters. The van der Waals surface area contributed by atoms with Crippen LogP contribution < -0.4 is 0 Å². The van der Waals surface area contributed by atoms with E-state index in [1.54, 1.807) is 0 Å². The molecule has 0 nitrogen and oxygen atoms in total. The first-order chi connectivity index (χ1) is 6.63. The van der Waals surface area contributed by atoms with E-state index in [0.717, 1.165) is 11.8 Å². The van der Waals surface area contributed by atoms with Gasteiger partial charge in [-0.05, 0) is 30.1 Å². The normalized spacial score (nSPS) is 24.6. The van der Waals surface area contributed by atoms with Gasteiger partial charge in [-0.15, -0.1) is 0 Å². The molecule has 0 heteroatoms. The van der Waals surface area contributed by atoms with Gasteiger partial charge in [0.25, 0.3) is 0 Å². The molecule has 0 aromatic heterocycles. The van der Waals surface area contributed by atoms with Crippen molar-refractivity contribution in [2.75, 3.05) is 0 Å². The maximum Gasteiger partial charge on any atom is -0.0249 e. The van der Waals surface area contributed by atoms with Crippen LogP contribution in [0.2, 0.25) is 0 Å². The summed E-state index contributed by atoms with van der Waals surface area (Å²) in [5.41, 5.74) is 0.672. The molecule has 1 aliphatic rings. The average molecular weight is 196 g/mol. The topological polar surface area (TPSA) is 0 Å². The molecule has 0 aliphatic heterocycles. The molecule has 0 radical (unpaired) electrons. The van der Waals surface area contributed by atoms with Crippen molar-refractivity contribution < 1.29 is 0 Å². The minimum absolute atomic E-state index is 0.672. The Labute approximate surface area is 90.5 Å². The molecular formula is C14H28. The lowest BCUT2D eigenvalue weighted by molar-refractivity contribution is 0.0751. The van der Waals surface area contributed by atoms with Crippen LogP contribution in [0.3, 0.4) is 0 Å². The number of hydrogen-bond donors (Lipinski definition) is 0. The smallest absolute Gasteiger partial charge is 0.0249 e. The summed E-state index contributed by atoms with van der Waals surface area (Å²) in [6.07, 6.45) is 10.2. The molecule has 1 saturated carbocycles. The van der Waals surface area contributed by atoms with Crippen molar-refractivity contribution in [3.63, 3.8) is 0 Å². The van der Waals surface area contributed by atoms with Crippen molar-refractivity contribution in [3.8, 4) is 0 Å². The molecule has 0 spiro atoms. The second-order valence-electron chi connectivity index (χ2n) is 5.61. The van der Waals surface area contributed by atoms with E-state index in [1.807, 2.05) is 0 Å². The van der Waals surface area contributed by atoms with Gasteiger partial charge in [0.1, 0.15) is 0 Å². The van der Waals surface area contributed by atoms with E-state index in [1.165, 1.54) is 44.9 Å². The van der Waals surface area contributed by atoms with Gasteiger partial charge in [-0.2, -0.15) is 0 Å². The second kappa shape index (κ2) is 5.19. The van der Waals surface area contributed by atoms with Crippen molar-refractivity contribution >= 4 is 0 Å². The molecule has 0 saturated heterocycles. The molecule has 1 atom stereocenters. The SMILES string of the molecule is CCC(C)C1(C(C)C)CCCCCC1. The first-order valence-corrected chi connectivity index (χ1v) is 6.63. The molecule has 0 amide bonds. The molecule has 84 valence electrons. The quantitative estimate of drug-likeness (QED) is 0.555. The molecule has 0 aromatic carbocycles. The van der Waals surface area contributed by atoms with E-state index in [-0.39, 0.29) is 0 Å². The summed E-state index contributed by atoms with van der Waals surface area (Å²) in [6.45, 7) is 9.72. The van der Waals surface area contributed by atoms with Gasteiger partial charge in [-0.1, -0.05) is 59.8 Å². The molecule has 0 heterocycles. The van der Waals surface area contributed by atoms with E-state index >= 15 is 0 Å². The monoisotopic (exact) mass is 196 g/mol. The first-order valence-electron chi connectivity index (χ1n) is 6.63. The van der Waals surface area contributed by atoms with Crippen molar-refractivity contribution in [1.29, 1.82) is 0 Å². The van der Waals surface area contributed by atoms with Crippen molar-refractivity contribution in [2.24, 2.45) is 17.3 Å². The Morgan fingerprint density at radius 3 is 1.79 bits per heavy atom. The van der Waals surface area contributed by atoms with E-state index in [9.17, 15) is 0 Å². The van der Waals surface area contributed by atoms with Crippen LogP contribution in [0.5, 0.6) is 0 Å². The lowest BCUT2D eigenvalue weighted by Gasteiger charge is -2.42. The maximum atomic E-state index is 2.48. The molecule has 1 aliphatic carbocycles. The highest BCUT2D eigenvalue weighted by atomic mass is 14.4. The zero-order valence-corrected chi connectivity index (χ0v) is 10.6. The summed E-state index contributed by atoms with van der Waals surface area (Å²) in [5, 5.41) is 0. The molecule has 14 heavy (non-hydrogen) atoms. The zero-order valence-electron chi connectivity index (χ0n) is 10.6. The molecule has 1 rings (SSSR count). The van der Waals surface area contributed by atoms with E-state index in [4.69, 9.17) is 0 Å². The van der Waals surface area contributed by atoms with E-state index in [0.29, 0.717) is 5.41 Å². The summed E-state index contributed by atoms with van der Waals surface area (Å²) in [6, 6.07) is 0. The van der Waals surface area contributed by atoms with Crippen LogP contribution >= 0.6 is 0 Å². The zero-order chi connectivity index (χ0) is 10.6. The largest absolute Gasteiger partial charge is 0.0651 e. The van der Waals surface area contributed by atoms with Crippen LogP contribution in [-0.4, -0.2) is 0 Å². The van der Waals surface area contributed by atoms with Gasteiger partial charge in [0.15, 0.2) is 0 Å². The van der Waals surface area contributed by atoms with Crippen molar-refractivity contribution in [3.05, 3.63) is 0 Å². The lowest BCUT2D eigenvalue weighted by atomic mass is 9.63. The first kappa shape index (κ1) is 12.1. The number of rotatable bonds is 3. The fourth-order valence-corrected chi connectivity index (χ4v) is 3.43. The predicted octanol–water partition coefficient (Wildman–Crippen LogP) is 5.03. The Kier molecular flexibility index (Phi) is 4.47. The Morgan fingerprint density at radius 2 is 1.43 bits per heavy atom. The minimum atomic E-state index is 0.672. The Bertz CT molecular complexity index is 149.